The molecule has 2 rings (SSSR count). The largest absolute Gasteiger partial charge is 0.388 e. The summed E-state index contributed by atoms with van der Waals surface area (Å²) in [7, 11) is 0. The molecule has 1 aromatic carbocycles. The van der Waals surface area contributed by atoms with Gasteiger partial charge in [-0.25, -0.2) is 0 Å². The third-order valence-corrected chi connectivity index (χ3v) is 4.51. The quantitative estimate of drug-likeness (QED) is 0.890. The van der Waals surface area contributed by atoms with Gasteiger partial charge in [0.05, 0.1) is 6.10 Å². The van der Waals surface area contributed by atoms with Gasteiger partial charge < -0.3 is 5.11 Å². The fourth-order valence-corrected chi connectivity index (χ4v) is 3.23. The van der Waals surface area contributed by atoms with E-state index in [9.17, 15) is 5.11 Å². The Morgan fingerprint density at radius 3 is 2.53 bits per heavy atom. The van der Waals surface area contributed by atoms with Crippen LogP contribution in [-0.2, 0) is 12.8 Å². The van der Waals surface area contributed by atoms with E-state index in [1.165, 1.54) is 10.4 Å². The zero-order valence-corrected chi connectivity index (χ0v) is 12.1. The van der Waals surface area contributed by atoms with E-state index in [1.807, 2.05) is 17.5 Å². The number of hydrogen-bond acceptors (Lipinski definition) is 2. The molecule has 2 aromatic rings. The van der Waals surface area contributed by atoms with Crippen molar-refractivity contribution in [1.82, 2.24) is 0 Å². The second-order valence-corrected chi connectivity index (χ2v) is 5.96. The van der Waals surface area contributed by atoms with Crippen LogP contribution in [0, 0.1) is 0 Å². The van der Waals surface area contributed by atoms with Crippen LogP contribution in [0.4, 0.5) is 0 Å². The van der Waals surface area contributed by atoms with Crippen molar-refractivity contribution < 1.29 is 5.11 Å². The third kappa shape index (κ3) is 3.41. The van der Waals surface area contributed by atoms with E-state index in [2.05, 4.69) is 41.1 Å². The van der Waals surface area contributed by atoms with Gasteiger partial charge in [0.25, 0.3) is 0 Å². The van der Waals surface area contributed by atoms with E-state index in [1.54, 1.807) is 11.3 Å². The monoisotopic (exact) mass is 310 g/mol. The molecule has 0 fully saturated rings. The maximum absolute atomic E-state index is 10.1. The fraction of sp³-hybridized carbons (Fsp3) is 0.286. The molecule has 0 saturated heterocycles. The van der Waals surface area contributed by atoms with Gasteiger partial charge in [-0.15, -0.1) is 11.3 Å². The highest BCUT2D eigenvalue weighted by Crippen LogP contribution is 2.25. The molecule has 0 aliphatic heterocycles. The van der Waals surface area contributed by atoms with Gasteiger partial charge in [-0.1, -0.05) is 31.2 Å². The number of rotatable bonds is 4. The summed E-state index contributed by atoms with van der Waals surface area (Å²) in [5.41, 5.74) is 2.30. The minimum absolute atomic E-state index is 0.411. The topological polar surface area (TPSA) is 20.2 Å². The Kier molecular flexibility index (Phi) is 4.37. The molecule has 1 N–H and O–H groups in total. The average Bonchev–Trinajstić information content (AvgIpc) is 2.75. The molecule has 1 unspecified atom stereocenters. The Balaban J connectivity index is 2.06. The van der Waals surface area contributed by atoms with Crippen LogP contribution in [0.5, 0.6) is 0 Å². The number of aliphatic hydroxyl groups excluding tert-OH is 1. The molecule has 1 aromatic heterocycles. The van der Waals surface area contributed by atoms with Gasteiger partial charge >= 0.3 is 0 Å². The normalized spacial score (nSPS) is 12.6. The summed E-state index contributed by atoms with van der Waals surface area (Å²) in [6, 6.07) is 10.3. The standard InChI is InChI=1S/C14H15BrOS/c1-2-10-3-5-11(6-4-10)14(16)8-13-7-12(15)9-17-13/h3-7,9,14,16H,2,8H2,1H3. The van der Waals surface area contributed by atoms with E-state index < -0.39 is 6.10 Å². The molecule has 90 valence electrons. The lowest BCUT2D eigenvalue weighted by molar-refractivity contribution is 0.179. The Morgan fingerprint density at radius 1 is 1.29 bits per heavy atom. The Bertz CT molecular complexity index is 475. The summed E-state index contributed by atoms with van der Waals surface area (Å²) in [6.07, 6.45) is 1.31. The first-order valence-corrected chi connectivity index (χ1v) is 7.36. The van der Waals surface area contributed by atoms with Crippen LogP contribution in [0.2, 0.25) is 0 Å². The molecule has 0 spiro atoms. The fourth-order valence-electron chi connectivity index (χ4n) is 1.74. The van der Waals surface area contributed by atoms with E-state index in [4.69, 9.17) is 0 Å². The first kappa shape index (κ1) is 12.8. The number of benzene rings is 1. The maximum atomic E-state index is 10.1. The Labute approximate surface area is 114 Å². The highest BCUT2D eigenvalue weighted by atomic mass is 79.9. The highest BCUT2D eigenvalue weighted by molar-refractivity contribution is 9.10. The number of halogens is 1. The van der Waals surface area contributed by atoms with Crippen molar-refractivity contribution in [3.05, 3.63) is 56.2 Å². The van der Waals surface area contributed by atoms with Crippen molar-refractivity contribution in [2.45, 2.75) is 25.9 Å². The SMILES string of the molecule is CCc1ccc(C(O)Cc2cc(Br)cs2)cc1. The lowest BCUT2D eigenvalue weighted by atomic mass is 10.0. The lowest BCUT2D eigenvalue weighted by Gasteiger charge is -2.10. The van der Waals surface area contributed by atoms with E-state index in [0.717, 1.165) is 16.5 Å². The van der Waals surface area contributed by atoms with Gasteiger partial charge in [-0.3, -0.25) is 0 Å². The minimum Gasteiger partial charge on any atom is -0.388 e. The van der Waals surface area contributed by atoms with Crippen LogP contribution in [0.15, 0.2) is 40.2 Å². The van der Waals surface area contributed by atoms with Gasteiger partial charge in [-0.05, 0) is 39.5 Å². The predicted octanol–water partition coefficient (Wildman–Crippen LogP) is 4.35. The third-order valence-electron chi connectivity index (χ3n) is 2.79. The van der Waals surface area contributed by atoms with Crippen molar-refractivity contribution in [2.75, 3.05) is 0 Å². The molecule has 17 heavy (non-hydrogen) atoms. The number of hydrogen-bond donors (Lipinski definition) is 1. The van der Waals surface area contributed by atoms with E-state index in [0.29, 0.717) is 6.42 Å². The molecule has 1 heterocycles. The molecular formula is C14H15BrOS. The van der Waals surface area contributed by atoms with Crippen LogP contribution in [-0.4, -0.2) is 5.11 Å². The van der Waals surface area contributed by atoms with Gasteiger partial charge in [0, 0.05) is 21.2 Å². The summed E-state index contributed by atoms with van der Waals surface area (Å²) < 4.78 is 1.09. The summed E-state index contributed by atoms with van der Waals surface area (Å²) in [4.78, 5) is 1.20. The maximum Gasteiger partial charge on any atom is 0.0838 e. The van der Waals surface area contributed by atoms with Crippen LogP contribution < -0.4 is 0 Å². The number of aliphatic hydroxyl groups is 1. The van der Waals surface area contributed by atoms with Crippen molar-refractivity contribution in [3.63, 3.8) is 0 Å². The molecule has 0 saturated carbocycles. The Hall–Kier alpha value is -0.640. The van der Waals surface area contributed by atoms with Crippen LogP contribution in [0.25, 0.3) is 0 Å². The second-order valence-electron chi connectivity index (χ2n) is 4.05. The van der Waals surface area contributed by atoms with Gasteiger partial charge in [-0.2, -0.15) is 0 Å². The molecule has 3 heteroatoms. The van der Waals surface area contributed by atoms with E-state index >= 15 is 0 Å². The molecule has 0 aliphatic rings. The second kappa shape index (κ2) is 5.80. The van der Waals surface area contributed by atoms with Crippen molar-refractivity contribution in [1.29, 1.82) is 0 Å². The highest BCUT2D eigenvalue weighted by Gasteiger charge is 2.09. The van der Waals surface area contributed by atoms with Crippen molar-refractivity contribution in [3.8, 4) is 0 Å². The zero-order chi connectivity index (χ0) is 12.3. The number of thiophene rings is 1. The van der Waals surface area contributed by atoms with Crippen LogP contribution >= 0.6 is 27.3 Å². The summed E-state index contributed by atoms with van der Waals surface area (Å²) in [6.45, 7) is 2.13. The van der Waals surface area contributed by atoms with E-state index in [-0.39, 0.29) is 0 Å². The minimum atomic E-state index is -0.411. The first-order valence-electron chi connectivity index (χ1n) is 5.69. The molecule has 0 amide bonds. The summed E-state index contributed by atoms with van der Waals surface area (Å²) in [5, 5.41) is 12.2. The predicted molar refractivity (Wildman–Crippen MR) is 76.5 cm³/mol. The molecule has 0 bridgehead atoms. The first-order chi connectivity index (χ1) is 8.19. The van der Waals surface area contributed by atoms with Gasteiger partial charge in [0.1, 0.15) is 0 Å². The smallest absolute Gasteiger partial charge is 0.0838 e. The zero-order valence-electron chi connectivity index (χ0n) is 9.69. The Morgan fingerprint density at radius 2 is 2.00 bits per heavy atom. The lowest BCUT2D eigenvalue weighted by Crippen LogP contribution is -2.00. The summed E-state index contributed by atoms with van der Waals surface area (Å²) >= 11 is 5.10. The molecule has 1 nitrogen and oxygen atoms in total. The number of aryl methyl sites for hydroxylation is 1. The average molecular weight is 311 g/mol. The molecule has 0 aliphatic carbocycles. The molecule has 1 atom stereocenters. The van der Waals surface area contributed by atoms with Crippen LogP contribution in [0.1, 0.15) is 29.0 Å². The molecular weight excluding hydrogens is 296 g/mol. The van der Waals surface area contributed by atoms with Gasteiger partial charge in [0.2, 0.25) is 0 Å². The summed E-state index contributed by atoms with van der Waals surface area (Å²) in [5.74, 6) is 0. The molecule has 0 radical (unpaired) electrons. The van der Waals surface area contributed by atoms with Crippen LogP contribution in [0.3, 0.4) is 0 Å². The van der Waals surface area contributed by atoms with Gasteiger partial charge in [0.15, 0.2) is 0 Å². The van der Waals surface area contributed by atoms with Crippen molar-refractivity contribution in [2.24, 2.45) is 0 Å². The van der Waals surface area contributed by atoms with Crippen molar-refractivity contribution >= 4 is 27.3 Å².